The van der Waals surface area contributed by atoms with E-state index in [1.807, 2.05) is 0 Å². The first kappa shape index (κ1) is 15.0. The highest BCUT2D eigenvalue weighted by Gasteiger charge is 2.28. The first-order valence-electron chi connectivity index (χ1n) is 7.98. The standard InChI is InChI=1S/C17H23BrN2O/c18-15-8-6-13(7-9-15)11-20-10-2-5-16(12-20)19-17(21)14-3-1-4-14/h6-9,14,16H,1-5,10-12H2,(H,19,21). The van der Waals surface area contributed by atoms with Crippen LogP contribution >= 0.6 is 15.9 Å². The Morgan fingerprint density at radius 1 is 1.19 bits per heavy atom. The van der Waals surface area contributed by atoms with Gasteiger partial charge in [-0.15, -0.1) is 0 Å². The second kappa shape index (κ2) is 6.93. The van der Waals surface area contributed by atoms with Crippen LogP contribution in [0.4, 0.5) is 0 Å². The lowest BCUT2D eigenvalue weighted by Gasteiger charge is -2.35. The zero-order valence-corrected chi connectivity index (χ0v) is 13.9. The topological polar surface area (TPSA) is 32.3 Å². The van der Waals surface area contributed by atoms with Crippen LogP contribution in [0.5, 0.6) is 0 Å². The van der Waals surface area contributed by atoms with Gasteiger partial charge in [0.2, 0.25) is 5.91 Å². The third kappa shape index (κ3) is 4.07. The minimum Gasteiger partial charge on any atom is -0.352 e. The lowest BCUT2D eigenvalue weighted by Crippen LogP contribution is -2.49. The molecule has 0 spiro atoms. The van der Waals surface area contributed by atoms with Crippen molar-refractivity contribution < 1.29 is 4.79 Å². The zero-order valence-electron chi connectivity index (χ0n) is 12.4. The average molecular weight is 351 g/mol. The fraction of sp³-hybridized carbons (Fsp3) is 0.588. The molecule has 1 aliphatic carbocycles. The second-order valence-electron chi connectivity index (χ2n) is 6.34. The van der Waals surface area contributed by atoms with Crippen LogP contribution in [0, 0.1) is 5.92 Å². The van der Waals surface area contributed by atoms with Crippen molar-refractivity contribution >= 4 is 21.8 Å². The number of piperidine rings is 1. The first-order valence-corrected chi connectivity index (χ1v) is 8.77. The van der Waals surface area contributed by atoms with Gasteiger partial charge in [0.05, 0.1) is 0 Å². The van der Waals surface area contributed by atoms with E-state index in [1.54, 1.807) is 0 Å². The summed E-state index contributed by atoms with van der Waals surface area (Å²) >= 11 is 3.47. The van der Waals surface area contributed by atoms with Crippen molar-refractivity contribution in [3.63, 3.8) is 0 Å². The summed E-state index contributed by atoms with van der Waals surface area (Å²) in [4.78, 5) is 14.5. The summed E-state index contributed by atoms with van der Waals surface area (Å²) in [5.74, 6) is 0.587. The van der Waals surface area contributed by atoms with Gasteiger partial charge in [0, 0.05) is 29.5 Å². The number of likely N-dealkylation sites (tertiary alicyclic amines) is 1. The Kier molecular flexibility index (Phi) is 4.96. The van der Waals surface area contributed by atoms with Gasteiger partial charge in [0.1, 0.15) is 0 Å². The number of amides is 1. The Hall–Kier alpha value is -0.870. The molecule has 1 aromatic carbocycles. The molecule has 2 aliphatic rings. The Balaban J connectivity index is 1.50. The predicted molar refractivity (Wildman–Crippen MR) is 87.9 cm³/mol. The molecule has 1 saturated heterocycles. The maximum absolute atomic E-state index is 12.1. The van der Waals surface area contributed by atoms with Crippen LogP contribution < -0.4 is 5.32 Å². The Bertz CT molecular complexity index is 484. The molecular formula is C17H23BrN2O. The molecule has 1 unspecified atom stereocenters. The van der Waals surface area contributed by atoms with Crippen molar-refractivity contribution in [2.45, 2.75) is 44.7 Å². The quantitative estimate of drug-likeness (QED) is 0.903. The number of hydrogen-bond donors (Lipinski definition) is 1. The molecule has 1 heterocycles. The number of hydrogen-bond acceptors (Lipinski definition) is 2. The van der Waals surface area contributed by atoms with Gasteiger partial charge in [-0.25, -0.2) is 0 Å². The minimum atomic E-state index is 0.289. The number of carbonyl (C=O) groups is 1. The van der Waals surface area contributed by atoms with Gasteiger partial charge in [-0.05, 0) is 49.9 Å². The molecule has 1 saturated carbocycles. The Labute approximate surface area is 135 Å². The van der Waals surface area contributed by atoms with Gasteiger partial charge < -0.3 is 5.32 Å². The van der Waals surface area contributed by atoms with Crippen molar-refractivity contribution in [2.24, 2.45) is 5.92 Å². The van der Waals surface area contributed by atoms with E-state index in [-0.39, 0.29) is 5.91 Å². The Morgan fingerprint density at radius 2 is 1.95 bits per heavy atom. The van der Waals surface area contributed by atoms with Crippen LogP contribution in [0.3, 0.4) is 0 Å². The third-order valence-electron chi connectivity index (χ3n) is 4.65. The zero-order chi connectivity index (χ0) is 14.7. The fourth-order valence-electron chi connectivity index (χ4n) is 3.15. The van der Waals surface area contributed by atoms with Crippen molar-refractivity contribution in [1.29, 1.82) is 0 Å². The summed E-state index contributed by atoms with van der Waals surface area (Å²) in [6.45, 7) is 3.09. The third-order valence-corrected chi connectivity index (χ3v) is 5.18. The molecule has 0 aromatic heterocycles. The molecule has 1 N–H and O–H groups in total. The molecule has 0 radical (unpaired) electrons. The van der Waals surface area contributed by atoms with Crippen molar-refractivity contribution in [1.82, 2.24) is 10.2 Å². The maximum Gasteiger partial charge on any atom is 0.223 e. The number of carbonyl (C=O) groups excluding carboxylic acids is 1. The number of halogens is 1. The largest absolute Gasteiger partial charge is 0.352 e. The van der Waals surface area contributed by atoms with E-state index in [2.05, 4.69) is 50.4 Å². The van der Waals surface area contributed by atoms with Crippen molar-refractivity contribution in [3.8, 4) is 0 Å². The first-order chi connectivity index (χ1) is 10.2. The molecule has 4 heteroatoms. The molecular weight excluding hydrogens is 328 g/mol. The summed E-state index contributed by atoms with van der Waals surface area (Å²) in [6, 6.07) is 8.85. The molecule has 114 valence electrons. The number of nitrogens with one attached hydrogen (secondary N) is 1. The number of nitrogens with zero attached hydrogens (tertiary/aromatic N) is 1. The summed E-state index contributed by atoms with van der Waals surface area (Å²) < 4.78 is 1.12. The number of benzene rings is 1. The van der Waals surface area contributed by atoms with Crippen LogP contribution in [0.2, 0.25) is 0 Å². The van der Waals surface area contributed by atoms with Crippen LogP contribution in [-0.4, -0.2) is 29.9 Å². The van der Waals surface area contributed by atoms with Gasteiger partial charge in [0.25, 0.3) is 0 Å². The van der Waals surface area contributed by atoms with E-state index in [0.717, 1.165) is 43.4 Å². The van der Waals surface area contributed by atoms with Crippen LogP contribution in [0.25, 0.3) is 0 Å². The SMILES string of the molecule is O=C(NC1CCCN(Cc2ccc(Br)cc2)C1)C1CCC1. The van der Waals surface area contributed by atoms with Crippen molar-refractivity contribution in [3.05, 3.63) is 34.3 Å². The normalized spacial score (nSPS) is 23.6. The summed E-state index contributed by atoms with van der Waals surface area (Å²) in [7, 11) is 0. The van der Waals surface area contributed by atoms with E-state index in [9.17, 15) is 4.79 Å². The van der Waals surface area contributed by atoms with E-state index < -0.39 is 0 Å². The van der Waals surface area contributed by atoms with Gasteiger partial charge in [-0.1, -0.05) is 34.5 Å². The maximum atomic E-state index is 12.1. The molecule has 0 bridgehead atoms. The molecule has 1 aromatic rings. The lowest BCUT2D eigenvalue weighted by molar-refractivity contribution is -0.128. The lowest BCUT2D eigenvalue weighted by atomic mass is 9.84. The Morgan fingerprint density at radius 3 is 2.62 bits per heavy atom. The van der Waals surface area contributed by atoms with Crippen LogP contribution in [-0.2, 0) is 11.3 Å². The fourth-order valence-corrected chi connectivity index (χ4v) is 3.42. The molecule has 1 atom stereocenters. The molecule has 1 amide bonds. The summed E-state index contributed by atoms with van der Waals surface area (Å²) in [6.07, 6.45) is 5.68. The monoisotopic (exact) mass is 350 g/mol. The van der Waals surface area contributed by atoms with Crippen LogP contribution in [0.15, 0.2) is 28.7 Å². The van der Waals surface area contributed by atoms with Crippen molar-refractivity contribution in [2.75, 3.05) is 13.1 Å². The summed E-state index contributed by atoms with van der Waals surface area (Å²) in [5, 5.41) is 3.26. The van der Waals surface area contributed by atoms with Gasteiger partial charge in [0.15, 0.2) is 0 Å². The highest BCUT2D eigenvalue weighted by molar-refractivity contribution is 9.10. The minimum absolute atomic E-state index is 0.289. The summed E-state index contributed by atoms with van der Waals surface area (Å²) in [5.41, 5.74) is 1.34. The average Bonchev–Trinajstić information content (AvgIpc) is 2.40. The number of rotatable bonds is 4. The molecule has 1 aliphatic heterocycles. The molecule has 3 nitrogen and oxygen atoms in total. The molecule has 2 fully saturated rings. The van der Waals surface area contributed by atoms with E-state index in [0.29, 0.717) is 12.0 Å². The van der Waals surface area contributed by atoms with Crippen LogP contribution in [0.1, 0.15) is 37.7 Å². The molecule has 21 heavy (non-hydrogen) atoms. The van der Waals surface area contributed by atoms with Gasteiger partial charge in [-0.2, -0.15) is 0 Å². The van der Waals surface area contributed by atoms with E-state index in [1.165, 1.54) is 18.4 Å². The predicted octanol–water partition coefficient (Wildman–Crippen LogP) is 3.33. The van der Waals surface area contributed by atoms with Gasteiger partial charge in [-0.3, -0.25) is 9.69 Å². The van der Waals surface area contributed by atoms with E-state index in [4.69, 9.17) is 0 Å². The molecule has 3 rings (SSSR count). The second-order valence-corrected chi connectivity index (χ2v) is 7.25. The highest BCUT2D eigenvalue weighted by Crippen LogP contribution is 2.26. The van der Waals surface area contributed by atoms with Gasteiger partial charge >= 0.3 is 0 Å². The smallest absolute Gasteiger partial charge is 0.223 e. The highest BCUT2D eigenvalue weighted by atomic mass is 79.9. The van der Waals surface area contributed by atoms with E-state index >= 15 is 0 Å².